The van der Waals surface area contributed by atoms with E-state index in [1.165, 1.54) is 6.21 Å². The molecule has 0 aromatic heterocycles. The lowest BCUT2D eigenvalue weighted by molar-refractivity contribution is -0.137. The number of hydrogen-bond donors (Lipinski definition) is 2. The molecule has 0 saturated heterocycles. The molecule has 58 heavy (non-hydrogen) atoms. The average Bonchev–Trinajstić information content (AvgIpc) is 3.09. The van der Waals surface area contributed by atoms with Crippen molar-refractivity contribution in [2.45, 2.75) is 182 Å². The van der Waals surface area contributed by atoms with Crippen LogP contribution >= 0.6 is 0 Å². The molecule has 0 spiro atoms. The van der Waals surface area contributed by atoms with Crippen molar-refractivity contribution in [1.82, 2.24) is 0 Å². The van der Waals surface area contributed by atoms with E-state index in [-0.39, 0.29) is 17.2 Å². The smallest absolute Gasteiger partial charge is 0.416 e. The van der Waals surface area contributed by atoms with Gasteiger partial charge < -0.3 is 19.7 Å². The van der Waals surface area contributed by atoms with Crippen molar-refractivity contribution in [3.63, 3.8) is 0 Å². The Labute approximate surface area is 348 Å². The Bertz CT molecular complexity index is 1710. The van der Waals surface area contributed by atoms with E-state index < -0.39 is 45.0 Å². The van der Waals surface area contributed by atoms with Crippen LogP contribution in [0.25, 0.3) is 0 Å². The summed E-state index contributed by atoms with van der Waals surface area (Å²) in [6.07, 6.45) is 1.03. The Hall–Kier alpha value is -3.52. The molecule has 2 unspecified atom stereocenters. The standard InChI is InChI=1S/C50H74F3NO4/c1-17-20-24-57-42-37(45(5,6)7)27-35(28-38(42)46(8,9)10)49(56,44(32(4)19-3)54-31-33-26-34(50(51,52)53)22-23-41(33)55)36-29-39(47(11,12)13)43(58-25-21-18-2)40(30-36)48(14,15)16/h22-23,26-32,44,55-56H,17-21,24-25H2,1-16H3. The molecular formula is C50H74F3NO4. The van der Waals surface area contributed by atoms with E-state index in [2.05, 4.69) is 121 Å². The second-order valence-corrected chi connectivity index (χ2v) is 20.4. The highest BCUT2D eigenvalue weighted by atomic mass is 19.4. The molecule has 0 bridgehead atoms. The number of halogens is 3. The number of unbranched alkanes of at least 4 members (excludes halogenated alkanes) is 2. The van der Waals surface area contributed by atoms with Crippen molar-refractivity contribution in [1.29, 1.82) is 0 Å². The van der Waals surface area contributed by atoms with Crippen LogP contribution in [0.3, 0.4) is 0 Å². The van der Waals surface area contributed by atoms with Crippen molar-refractivity contribution >= 4 is 6.21 Å². The van der Waals surface area contributed by atoms with Gasteiger partial charge in [0.15, 0.2) is 0 Å². The van der Waals surface area contributed by atoms with Gasteiger partial charge >= 0.3 is 6.18 Å². The molecule has 0 saturated carbocycles. The van der Waals surface area contributed by atoms with E-state index in [0.29, 0.717) is 30.8 Å². The Kier molecular flexibility index (Phi) is 15.5. The average molecular weight is 810 g/mol. The number of benzene rings is 3. The van der Waals surface area contributed by atoms with E-state index in [1.807, 2.05) is 13.8 Å². The van der Waals surface area contributed by atoms with Gasteiger partial charge in [-0.3, -0.25) is 4.99 Å². The van der Waals surface area contributed by atoms with Crippen molar-refractivity contribution in [2.75, 3.05) is 13.2 Å². The normalized spacial score (nSPS) is 14.6. The summed E-state index contributed by atoms with van der Waals surface area (Å²) in [5, 5.41) is 25.0. The Morgan fingerprint density at radius 1 is 0.621 bits per heavy atom. The third kappa shape index (κ3) is 11.4. The predicted octanol–water partition coefficient (Wildman–Crippen LogP) is 13.7. The molecular weight excluding hydrogens is 736 g/mol. The van der Waals surface area contributed by atoms with E-state index in [9.17, 15) is 23.4 Å². The van der Waals surface area contributed by atoms with Gasteiger partial charge in [0.05, 0.1) is 24.8 Å². The first-order valence-electron chi connectivity index (χ1n) is 21.3. The Morgan fingerprint density at radius 3 is 1.31 bits per heavy atom. The van der Waals surface area contributed by atoms with Crippen molar-refractivity contribution < 1.29 is 32.9 Å². The molecule has 2 N–H and O–H groups in total. The number of aromatic hydroxyl groups is 1. The first-order chi connectivity index (χ1) is 26.5. The van der Waals surface area contributed by atoms with Crippen LogP contribution in [0.1, 0.15) is 187 Å². The fourth-order valence-corrected chi connectivity index (χ4v) is 7.27. The number of nitrogens with zero attached hydrogens (tertiary/aromatic N) is 1. The topological polar surface area (TPSA) is 71.3 Å². The third-order valence-corrected chi connectivity index (χ3v) is 11.1. The molecule has 0 aliphatic heterocycles. The van der Waals surface area contributed by atoms with Gasteiger partial charge in [-0.1, -0.05) is 130 Å². The summed E-state index contributed by atoms with van der Waals surface area (Å²) >= 11 is 0. The van der Waals surface area contributed by atoms with Gasteiger partial charge in [-0.05, 0) is 94.0 Å². The van der Waals surface area contributed by atoms with Crippen molar-refractivity contribution in [2.24, 2.45) is 10.9 Å². The van der Waals surface area contributed by atoms with E-state index in [4.69, 9.17) is 14.5 Å². The number of ether oxygens (including phenoxy) is 2. The van der Waals surface area contributed by atoms with Crippen LogP contribution in [0, 0.1) is 5.92 Å². The minimum Gasteiger partial charge on any atom is -0.507 e. The SMILES string of the molecule is CCCCOc1c(C(C)(C)C)cc(C(O)(c2cc(C(C)(C)C)c(OCCCC)c(C(C)(C)C)c2)C(N=Cc2cc(C(F)(F)F)ccc2O)C(C)CC)cc1C(C)(C)C. The highest BCUT2D eigenvalue weighted by Gasteiger charge is 2.46. The van der Waals surface area contributed by atoms with E-state index >= 15 is 0 Å². The molecule has 0 fully saturated rings. The minimum atomic E-state index is -4.62. The fraction of sp³-hybridized carbons (Fsp3) is 0.620. The van der Waals surface area contributed by atoms with Crippen LogP contribution in [0.5, 0.6) is 17.2 Å². The van der Waals surface area contributed by atoms with Crippen LogP contribution in [0.2, 0.25) is 0 Å². The lowest BCUT2D eigenvalue weighted by atomic mass is 9.68. The van der Waals surface area contributed by atoms with Gasteiger partial charge in [-0.25, -0.2) is 0 Å². The van der Waals surface area contributed by atoms with Crippen LogP contribution in [0.4, 0.5) is 13.2 Å². The maximum Gasteiger partial charge on any atom is 0.416 e. The van der Waals surface area contributed by atoms with Gasteiger partial charge in [-0.2, -0.15) is 13.2 Å². The first-order valence-corrected chi connectivity index (χ1v) is 21.3. The van der Waals surface area contributed by atoms with Crippen LogP contribution < -0.4 is 9.47 Å². The van der Waals surface area contributed by atoms with Crippen LogP contribution in [-0.4, -0.2) is 35.7 Å². The minimum absolute atomic E-state index is 0.0821. The first kappa shape index (κ1) is 48.8. The zero-order chi connectivity index (χ0) is 44.2. The summed E-state index contributed by atoms with van der Waals surface area (Å²) in [7, 11) is 0. The zero-order valence-electron chi connectivity index (χ0n) is 38.5. The van der Waals surface area contributed by atoms with Crippen molar-refractivity contribution in [3.05, 3.63) is 87.0 Å². The molecule has 0 heterocycles. The number of aliphatic imine (C=N–C) groups is 1. The molecule has 324 valence electrons. The second kappa shape index (κ2) is 18.4. The zero-order valence-corrected chi connectivity index (χ0v) is 38.5. The van der Waals surface area contributed by atoms with Crippen LogP contribution in [0.15, 0.2) is 47.5 Å². The van der Waals surface area contributed by atoms with Gasteiger partial charge in [0, 0.05) is 34.0 Å². The largest absolute Gasteiger partial charge is 0.507 e. The van der Waals surface area contributed by atoms with Gasteiger partial charge in [-0.15, -0.1) is 0 Å². The van der Waals surface area contributed by atoms with Crippen LogP contribution in [-0.2, 0) is 33.4 Å². The molecule has 5 nitrogen and oxygen atoms in total. The second-order valence-electron chi connectivity index (χ2n) is 20.4. The number of phenolic OH excluding ortho intramolecular Hbond substituents is 1. The predicted molar refractivity (Wildman–Crippen MR) is 235 cm³/mol. The fourth-order valence-electron chi connectivity index (χ4n) is 7.27. The third-order valence-electron chi connectivity index (χ3n) is 11.1. The molecule has 3 rings (SSSR count). The highest BCUT2D eigenvalue weighted by Crippen LogP contribution is 2.50. The molecule has 8 heteroatoms. The maximum absolute atomic E-state index is 14.2. The van der Waals surface area contributed by atoms with Gasteiger partial charge in [0.25, 0.3) is 0 Å². The number of phenols is 1. The summed E-state index contributed by atoms with van der Waals surface area (Å²) in [6.45, 7) is 35.1. The molecule has 0 radical (unpaired) electrons. The van der Waals surface area contributed by atoms with Gasteiger partial charge in [0.2, 0.25) is 0 Å². The number of rotatable bonds is 15. The quantitative estimate of drug-likeness (QED) is 0.118. The molecule has 3 aromatic carbocycles. The van der Waals surface area contributed by atoms with E-state index in [1.54, 1.807) is 0 Å². The van der Waals surface area contributed by atoms with E-state index in [0.717, 1.165) is 77.6 Å². The summed E-state index contributed by atoms with van der Waals surface area (Å²) in [6, 6.07) is 10.1. The Morgan fingerprint density at radius 2 is 1.00 bits per heavy atom. The lowest BCUT2D eigenvalue weighted by Gasteiger charge is -2.42. The number of hydrogen-bond acceptors (Lipinski definition) is 5. The van der Waals surface area contributed by atoms with Gasteiger partial charge in [0.1, 0.15) is 22.8 Å². The Balaban J connectivity index is 2.70. The molecule has 0 aliphatic carbocycles. The summed E-state index contributed by atoms with van der Waals surface area (Å²) in [5.41, 5.74) is 0.587. The lowest BCUT2D eigenvalue weighted by Crippen LogP contribution is -2.44. The molecule has 0 aliphatic rings. The molecule has 0 amide bonds. The molecule has 3 aromatic rings. The monoisotopic (exact) mass is 810 g/mol. The summed E-state index contributed by atoms with van der Waals surface area (Å²) in [5.74, 6) is 1.01. The summed E-state index contributed by atoms with van der Waals surface area (Å²) in [4.78, 5) is 5.04. The number of aliphatic hydroxyl groups is 1. The maximum atomic E-state index is 14.2. The number of alkyl halides is 3. The van der Waals surface area contributed by atoms with Crippen molar-refractivity contribution in [3.8, 4) is 17.2 Å². The highest BCUT2D eigenvalue weighted by molar-refractivity contribution is 5.84. The molecule has 2 atom stereocenters. The summed E-state index contributed by atoms with van der Waals surface area (Å²) < 4.78 is 55.1.